The fraction of sp³-hybridized carbons (Fsp3) is 0.545. The topological polar surface area (TPSA) is 75.7 Å². The maximum absolute atomic E-state index is 15.4. The molecule has 4 aliphatic rings. The molecule has 0 saturated heterocycles. The molecule has 1 fully saturated rings. The van der Waals surface area contributed by atoms with Crippen LogP contribution < -0.4 is 9.62 Å². The molecule has 0 spiro atoms. The summed E-state index contributed by atoms with van der Waals surface area (Å²) in [4.78, 5) is 16.8. The average Bonchev–Trinajstić information content (AvgIpc) is 3.39. The number of nitrogens with zero attached hydrogens (tertiary/aromatic N) is 1. The summed E-state index contributed by atoms with van der Waals surface area (Å²) >= 11 is 7.97. The van der Waals surface area contributed by atoms with E-state index >= 15 is 4.39 Å². The molecule has 6 atom stereocenters. The average molecular weight is 647 g/mol. The van der Waals surface area contributed by atoms with Crippen LogP contribution in [0.4, 0.5) is 10.1 Å². The van der Waals surface area contributed by atoms with Gasteiger partial charge in [-0.3, -0.25) is 4.79 Å². The Morgan fingerprint density at radius 2 is 1.98 bits per heavy atom. The van der Waals surface area contributed by atoms with Crippen molar-refractivity contribution in [2.24, 2.45) is 23.7 Å². The largest absolute Gasteiger partial charge is 0.374 e. The summed E-state index contributed by atoms with van der Waals surface area (Å²) in [6.45, 7) is 4.80. The lowest BCUT2D eigenvalue weighted by Gasteiger charge is -2.49. The number of methoxy groups -OCH3 is 1. The second-order valence-electron chi connectivity index (χ2n) is 12.7. The highest BCUT2D eigenvalue weighted by Crippen LogP contribution is 2.52. The Bertz CT molecular complexity index is 1550. The van der Waals surface area contributed by atoms with Crippen LogP contribution in [-0.2, 0) is 27.7 Å². The van der Waals surface area contributed by atoms with E-state index in [0.717, 1.165) is 47.6 Å². The fourth-order valence-corrected chi connectivity index (χ4v) is 10.0. The van der Waals surface area contributed by atoms with Gasteiger partial charge in [0, 0.05) is 30.7 Å². The van der Waals surface area contributed by atoms with Gasteiger partial charge in [-0.25, -0.2) is 17.5 Å². The Hall–Kier alpha value is -2.07. The predicted molar refractivity (Wildman–Crippen MR) is 171 cm³/mol. The van der Waals surface area contributed by atoms with Crippen LogP contribution >= 0.6 is 23.4 Å². The molecule has 232 valence electrons. The van der Waals surface area contributed by atoms with Gasteiger partial charge in [0.1, 0.15) is 5.82 Å². The highest BCUT2D eigenvalue weighted by Gasteiger charge is 2.51. The number of carbonyl (C=O) groups is 1. The molecule has 0 radical (unpaired) electrons. The highest BCUT2D eigenvalue weighted by atomic mass is 35.5. The number of hydrogen-bond acceptors (Lipinski definition) is 6. The van der Waals surface area contributed by atoms with Crippen molar-refractivity contribution in [3.05, 3.63) is 70.0 Å². The van der Waals surface area contributed by atoms with Crippen LogP contribution in [-0.4, -0.2) is 44.6 Å². The molecule has 4 bridgehead atoms. The number of benzene rings is 2. The van der Waals surface area contributed by atoms with E-state index in [2.05, 4.69) is 21.8 Å². The van der Waals surface area contributed by atoms with Crippen molar-refractivity contribution in [1.82, 2.24) is 4.72 Å². The van der Waals surface area contributed by atoms with Crippen molar-refractivity contribution in [1.29, 1.82) is 0 Å². The third-order valence-electron chi connectivity index (χ3n) is 10.5. The van der Waals surface area contributed by atoms with Crippen molar-refractivity contribution in [3.63, 3.8) is 0 Å². The summed E-state index contributed by atoms with van der Waals surface area (Å²) < 4.78 is 51.0. The molecule has 1 saturated carbocycles. The highest BCUT2D eigenvalue weighted by molar-refractivity contribution is 7.99. The minimum atomic E-state index is -3.95. The second kappa shape index (κ2) is 12.0. The summed E-state index contributed by atoms with van der Waals surface area (Å²) in [5.41, 5.74) is 2.22. The van der Waals surface area contributed by atoms with E-state index in [1.54, 1.807) is 37.9 Å². The van der Waals surface area contributed by atoms with E-state index in [-0.39, 0.29) is 28.6 Å². The number of amides is 1. The summed E-state index contributed by atoms with van der Waals surface area (Å²) in [7, 11) is -2.19. The Labute approximate surface area is 263 Å². The molecule has 2 aliphatic carbocycles. The number of rotatable bonds is 1. The lowest BCUT2D eigenvalue weighted by atomic mass is 9.63. The van der Waals surface area contributed by atoms with Gasteiger partial charge in [0.15, 0.2) is 0 Å². The van der Waals surface area contributed by atoms with Crippen LogP contribution in [0.15, 0.2) is 47.4 Å². The van der Waals surface area contributed by atoms with Crippen LogP contribution in [0.3, 0.4) is 0 Å². The molecule has 2 heterocycles. The van der Waals surface area contributed by atoms with E-state index in [0.29, 0.717) is 43.0 Å². The van der Waals surface area contributed by atoms with Crippen molar-refractivity contribution in [3.8, 4) is 0 Å². The summed E-state index contributed by atoms with van der Waals surface area (Å²) in [5.74, 6) is 0.231. The lowest BCUT2D eigenvalue weighted by molar-refractivity contribution is -0.0809. The first kappa shape index (κ1) is 30.9. The van der Waals surface area contributed by atoms with Crippen LogP contribution in [0.2, 0.25) is 5.02 Å². The maximum atomic E-state index is 15.4. The molecule has 6 nitrogen and oxygen atoms in total. The smallest absolute Gasteiger partial charge is 0.264 e. The van der Waals surface area contributed by atoms with Gasteiger partial charge in [0.2, 0.25) is 10.0 Å². The van der Waals surface area contributed by atoms with Crippen molar-refractivity contribution in [2.45, 2.75) is 74.7 Å². The van der Waals surface area contributed by atoms with E-state index in [9.17, 15) is 13.2 Å². The number of hydrogen-bond donors (Lipinski definition) is 1. The van der Waals surface area contributed by atoms with Gasteiger partial charge < -0.3 is 9.64 Å². The molecule has 1 N–H and O–H groups in total. The fourth-order valence-electron chi connectivity index (χ4n) is 7.47. The van der Waals surface area contributed by atoms with Gasteiger partial charge in [-0.15, -0.1) is 11.8 Å². The minimum Gasteiger partial charge on any atom is -0.374 e. The zero-order valence-electron chi connectivity index (χ0n) is 24.9. The molecular formula is C33H40ClFN2O4S2. The number of fused-ring (bicyclic) bond motifs is 6. The second-order valence-corrected chi connectivity index (χ2v) is 16.3. The first-order valence-electron chi connectivity index (χ1n) is 15.3. The number of carbonyl (C=O) groups excluding carboxylic acids is 1. The molecule has 2 aromatic rings. The van der Waals surface area contributed by atoms with Crippen molar-refractivity contribution < 1.29 is 22.3 Å². The predicted octanol–water partition coefficient (Wildman–Crippen LogP) is 7.00. The number of sulfonamides is 1. The van der Waals surface area contributed by atoms with E-state index in [1.165, 1.54) is 0 Å². The van der Waals surface area contributed by atoms with Gasteiger partial charge in [0.25, 0.3) is 5.91 Å². The number of thioether (sulfide) groups is 1. The molecule has 0 aromatic heterocycles. The first-order chi connectivity index (χ1) is 20.5. The van der Waals surface area contributed by atoms with Crippen LogP contribution in [0.5, 0.6) is 0 Å². The van der Waals surface area contributed by atoms with Gasteiger partial charge in [-0.05, 0) is 110 Å². The number of nitrogens with one attached hydrogen (secondary N) is 1. The van der Waals surface area contributed by atoms with Crippen molar-refractivity contribution in [2.75, 3.05) is 24.3 Å². The van der Waals surface area contributed by atoms with Crippen LogP contribution in [0, 0.1) is 29.5 Å². The summed E-state index contributed by atoms with van der Waals surface area (Å²) in [6.07, 6.45) is 9.41. The van der Waals surface area contributed by atoms with Gasteiger partial charge in [-0.2, -0.15) is 0 Å². The lowest BCUT2D eigenvalue weighted by Crippen LogP contribution is -2.50. The first-order valence-corrected chi connectivity index (χ1v) is 18.2. The summed E-state index contributed by atoms with van der Waals surface area (Å²) in [6, 6.07) is 9.01. The van der Waals surface area contributed by atoms with Crippen molar-refractivity contribution >= 4 is 45.0 Å². The standard InChI is InChI=1S/C33H40ClFN2O4S2/c1-20-21(2)43(39,40)36-32(38)22-9-12-30-29(16-22)37(19-25-7-10-27(25)33(41-3)14-13-23(20)17-33)18-24-8-11-28(34)31(35)26(24)6-4-5-15-42-30/h8-9,11-14,16,20-21,23,25,27H,4-7,10,15,17-19H2,1-3H3,(H,36,38)/t20-,21-,23-,25+,27-,33?/m1/s1. The third kappa shape index (κ3) is 5.75. The monoisotopic (exact) mass is 646 g/mol. The number of halogens is 2. The Balaban J connectivity index is 1.49. The molecule has 2 aromatic carbocycles. The quantitative estimate of drug-likeness (QED) is 0.336. The van der Waals surface area contributed by atoms with E-state index < -0.39 is 26.8 Å². The molecule has 43 heavy (non-hydrogen) atoms. The molecule has 1 amide bonds. The molecular weight excluding hydrogens is 607 g/mol. The number of allylic oxidation sites excluding steroid dienone is 1. The van der Waals surface area contributed by atoms with Gasteiger partial charge in [0.05, 0.1) is 21.6 Å². The minimum absolute atomic E-state index is 0.00867. The normalized spacial score (nSPS) is 32.3. The van der Waals surface area contributed by atoms with Gasteiger partial charge in [-0.1, -0.05) is 36.7 Å². The van der Waals surface area contributed by atoms with E-state index in [4.69, 9.17) is 16.3 Å². The maximum Gasteiger partial charge on any atom is 0.264 e. The zero-order valence-corrected chi connectivity index (χ0v) is 27.3. The number of anilines is 1. The summed E-state index contributed by atoms with van der Waals surface area (Å²) in [5, 5.41) is -0.639. The molecule has 6 rings (SSSR count). The van der Waals surface area contributed by atoms with Crippen LogP contribution in [0.25, 0.3) is 0 Å². The molecule has 1 unspecified atom stereocenters. The Morgan fingerprint density at radius 1 is 1.16 bits per heavy atom. The Kier molecular flexibility index (Phi) is 8.65. The van der Waals surface area contributed by atoms with Gasteiger partial charge >= 0.3 is 0 Å². The van der Waals surface area contributed by atoms with Crippen LogP contribution in [0.1, 0.15) is 67.4 Å². The van der Waals surface area contributed by atoms with E-state index in [1.807, 2.05) is 25.1 Å². The SMILES string of the molecule is COC12C=C[C@H](C1)[C@H](C)[C@@H](C)S(=O)(=O)NC(=O)c1ccc3c(c1)N(Cc1ccc(Cl)c(F)c1CCCCS3)C[C@@H]1CC[C@H]12. The Morgan fingerprint density at radius 3 is 2.72 bits per heavy atom. The zero-order chi connectivity index (χ0) is 30.5. The number of ether oxygens (including phenoxy) is 1. The molecule has 10 heteroatoms. The third-order valence-corrected chi connectivity index (χ3v) is 13.8. The molecule has 2 aliphatic heterocycles.